The molecular formula is C9H15F. The van der Waals surface area contributed by atoms with E-state index < -0.39 is 0 Å². The maximum Gasteiger partial charge on any atom is 0.0951 e. The van der Waals surface area contributed by atoms with Gasteiger partial charge in [-0.25, -0.2) is 0 Å². The average Bonchev–Trinajstić information content (AvgIpc) is 1.57. The van der Waals surface area contributed by atoms with E-state index in [1.807, 2.05) is 0 Å². The van der Waals surface area contributed by atoms with Gasteiger partial charge in [0.1, 0.15) is 0 Å². The van der Waals surface area contributed by atoms with Crippen LogP contribution in [-0.4, -0.2) is 6.67 Å². The fourth-order valence-electron chi connectivity index (χ4n) is 2.84. The lowest BCUT2D eigenvalue weighted by atomic mass is 9.33. The van der Waals surface area contributed by atoms with Crippen molar-refractivity contribution in [2.75, 3.05) is 6.67 Å². The predicted molar refractivity (Wildman–Crippen MR) is 39.5 cm³/mol. The molecule has 3 fully saturated rings. The van der Waals surface area contributed by atoms with E-state index in [0.717, 1.165) is 5.92 Å². The molecule has 0 heterocycles. The molecule has 10 heavy (non-hydrogen) atoms. The Hall–Kier alpha value is -0.0700. The molecule has 0 aromatic heterocycles. The van der Waals surface area contributed by atoms with E-state index in [-0.39, 0.29) is 12.1 Å². The van der Waals surface area contributed by atoms with Crippen molar-refractivity contribution in [3.8, 4) is 0 Å². The van der Waals surface area contributed by atoms with Gasteiger partial charge in [-0.1, -0.05) is 13.8 Å². The first-order valence-electron chi connectivity index (χ1n) is 4.19. The third-order valence-corrected chi connectivity index (χ3v) is 3.69. The standard InChI is InChI=1S/C9H15F/c1-7(2)9-3-8(4-9,5-9)6-10/h7H,3-6H2,1-2H3. The third kappa shape index (κ3) is 0.525. The van der Waals surface area contributed by atoms with Crippen LogP contribution in [-0.2, 0) is 0 Å². The second-order valence-electron chi connectivity index (χ2n) is 4.68. The smallest absolute Gasteiger partial charge is 0.0951 e. The largest absolute Gasteiger partial charge is 0.250 e. The number of halogens is 1. The highest BCUT2D eigenvalue weighted by molar-refractivity contribution is 5.17. The molecule has 0 amide bonds. The fourth-order valence-corrected chi connectivity index (χ4v) is 2.84. The van der Waals surface area contributed by atoms with Gasteiger partial charge in [0.2, 0.25) is 0 Å². The first-order chi connectivity index (χ1) is 4.63. The Morgan fingerprint density at radius 2 is 1.80 bits per heavy atom. The van der Waals surface area contributed by atoms with E-state index in [4.69, 9.17) is 0 Å². The lowest BCUT2D eigenvalue weighted by Gasteiger charge is -2.72. The molecule has 0 unspecified atom stereocenters. The molecular weight excluding hydrogens is 127 g/mol. The molecule has 58 valence electrons. The molecule has 0 N–H and O–H groups in total. The summed E-state index contributed by atoms with van der Waals surface area (Å²) in [7, 11) is 0. The van der Waals surface area contributed by atoms with Gasteiger partial charge in [0.15, 0.2) is 0 Å². The summed E-state index contributed by atoms with van der Waals surface area (Å²) in [4.78, 5) is 0. The van der Waals surface area contributed by atoms with Gasteiger partial charge in [-0.15, -0.1) is 0 Å². The Bertz CT molecular complexity index is 140. The number of alkyl halides is 1. The molecule has 3 aliphatic rings. The van der Waals surface area contributed by atoms with Crippen molar-refractivity contribution >= 4 is 0 Å². The van der Waals surface area contributed by atoms with Gasteiger partial charge in [0, 0.05) is 5.41 Å². The van der Waals surface area contributed by atoms with Gasteiger partial charge in [0.25, 0.3) is 0 Å². The Kier molecular flexibility index (Phi) is 1.04. The summed E-state index contributed by atoms with van der Waals surface area (Å²) in [5.41, 5.74) is 0.774. The van der Waals surface area contributed by atoms with E-state index in [1.54, 1.807) is 0 Å². The van der Waals surface area contributed by atoms with Crippen LogP contribution in [0, 0.1) is 16.7 Å². The molecule has 3 rings (SSSR count). The zero-order valence-corrected chi connectivity index (χ0v) is 6.78. The molecule has 0 aromatic carbocycles. The second-order valence-corrected chi connectivity index (χ2v) is 4.68. The highest BCUT2D eigenvalue weighted by Crippen LogP contribution is 2.76. The van der Waals surface area contributed by atoms with Crippen molar-refractivity contribution in [1.82, 2.24) is 0 Å². The summed E-state index contributed by atoms with van der Waals surface area (Å²) >= 11 is 0. The van der Waals surface area contributed by atoms with Gasteiger partial charge >= 0.3 is 0 Å². The minimum Gasteiger partial charge on any atom is -0.250 e. The van der Waals surface area contributed by atoms with Crippen molar-refractivity contribution in [2.24, 2.45) is 16.7 Å². The van der Waals surface area contributed by atoms with Gasteiger partial charge < -0.3 is 0 Å². The van der Waals surface area contributed by atoms with Crippen molar-refractivity contribution < 1.29 is 4.39 Å². The van der Waals surface area contributed by atoms with Gasteiger partial charge in [-0.3, -0.25) is 4.39 Å². The molecule has 0 aliphatic heterocycles. The molecule has 0 aromatic rings. The molecule has 3 saturated carbocycles. The molecule has 1 heteroatoms. The first kappa shape index (κ1) is 6.63. The highest BCUT2D eigenvalue weighted by atomic mass is 19.1. The van der Waals surface area contributed by atoms with Crippen molar-refractivity contribution in [3.05, 3.63) is 0 Å². The topological polar surface area (TPSA) is 0 Å². The quantitative estimate of drug-likeness (QED) is 0.556. The molecule has 0 nitrogen and oxygen atoms in total. The lowest BCUT2D eigenvalue weighted by molar-refractivity contribution is -0.236. The van der Waals surface area contributed by atoms with Gasteiger partial charge in [0.05, 0.1) is 6.67 Å². The predicted octanol–water partition coefficient (Wildman–Crippen LogP) is 2.78. The van der Waals surface area contributed by atoms with Gasteiger partial charge in [-0.2, -0.15) is 0 Å². The van der Waals surface area contributed by atoms with Crippen molar-refractivity contribution in [2.45, 2.75) is 33.1 Å². The summed E-state index contributed by atoms with van der Waals surface area (Å²) in [6.45, 7) is 4.46. The summed E-state index contributed by atoms with van der Waals surface area (Å²) < 4.78 is 12.3. The van der Waals surface area contributed by atoms with Crippen LogP contribution in [0.4, 0.5) is 4.39 Å². The maximum atomic E-state index is 12.3. The minimum absolute atomic E-state index is 0.0680. The molecule has 0 atom stereocenters. The third-order valence-electron chi connectivity index (χ3n) is 3.69. The Balaban J connectivity index is 1.98. The normalized spacial score (nSPS) is 50.4. The summed E-state index contributed by atoms with van der Waals surface area (Å²) in [6, 6.07) is 0. The molecule has 0 saturated heterocycles. The highest BCUT2D eigenvalue weighted by Gasteiger charge is 2.68. The van der Waals surface area contributed by atoms with E-state index in [2.05, 4.69) is 13.8 Å². The fraction of sp³-hybridized carbons (Fsp3) is 1.00. The summed E-state index contributed by atoms with van der Waals surface area (Å²) in [5.74, 6) is 0.779. The second kappa shape index (κ2) is 1.57. The molecule has 0 spiro atoms. The van der Waals surface area contributed by atoms with E-state index in [1.165, 1.54) is 19.3 Å². The van der Waals surface area contributed by atoms with Gasteiger partial charge in [-0.05, 0) is 30.6 Å². The molecule has 3 aliphatic carbocycles. The summed E-state index contributed by atoms with van der Waals surface area (Å²) in [5, 5.41) is 0. The average molecular weight is 142 g/mol. The SMILES string of the molecule is CC(C)C12CC(CF)(C1)C2. The lowest BCUT2D eigenvalue weighted by Crippen LogP contribution is -2.64. The zero-order chi connectivity index (χ0) is 7.41. The Morgan fingerprint density at radius 1 is 1.30 bits per heavy atom. The Labute approximate surface area is 61.8 Å². The van der Waals surface area contributed by atoms with Crippen molar-refractivity contribution in [3.63, 3.8) is 0 Å². The number of hydrogen-bond acceptors (Lipinski definition) is 0. The van der Waals surface area contributed by atoms with Crippen LogP contribution in [0.5, 0.6) is 0 Å². The number of hydrogen-bond donors (Lipinski definition) is 0. The Morgan fingerprint density at radius 3 is 2.10 bits per heavy atom. The molecule has 2 bridgehead atoms. The van der Waals surface area contributed by atoms with Crippen LogP contribution in [0.1, 0.15) is 33.1 Å². The van der Waals surface area contributed by atoms with E-state index in [0.29, 0.717) is 5.41 Å². The van der Waals surface area contributed by atoms with Crippen LogP contribution in [0.25, 0.3) is 0 Å². The van der Waals surface area contributed by atoms with Crippen LogP contribution >= 0.6 is 0 Å². The monoisotopic (exact) mass is 142 g/mol. The van der Waals surface area contributed by atoms with Crippen LogP contribution in [0.2, 0.25) is 0 Å². The maximum absolute atomic E-state index is 12.3. The summed E-state index contributed by atoms with van der Waals surface area (Å²) in [6.07, 6.45) is 3.52. The number of rotatable bonds is 2. The van der Waals surface area contributed by atoms with Crippen LogP contribution < -0.4 is 0 Å². The van der Waals surface area contributed by atoms with Crippen molar-refractivity contribution in [1.29, 1.82) is 0 Å². The van der Waals surface area contributed by atoms with E-state index in [9.17, 15) is 4.39 Å². The first-order valence-corrected chi connectivity index (χ1v) is 4.19. The van der Waals surface area contributed by atoms with Crippen LogP contribution in [0.3, 0.4) is 0 Å². The zero-order valence-electron chi connectivity index (χ0n) is 6.78. The molecule has 0 radical (unpaired) electrons. The van der Waals surface area contributed by atoms with E-state index >= 15 is 0 Å². The van der Waals surface area contributed by atoms with Crippen LogP contribution in [0.15, 0.2) is 0 Å². The minimum atomic E-state index is -0.0680.